The summed E-state index contributed by atoms with van der Waals surface area (Å²) in [4.78, 5) is 12.7. The Morgan fingerprint density at radius 2 is 2.29 bits per heavy atom. The summed E-state index contributed by atoms with van der Waals surface area (Å²) in [5.41, 5.74) is 2.11. The second kappa shape index (κ2) is 4.24. The highest BCUT2D eigenvalue weighted by Crippen LogP contribution is 2.22. The second-order valence-corrected chi connectivity index (χ2v) is 4.04. The van der Waals surface area contributed by atoms with Gasteiger partial charge in [-0.15, -0.1) is 0 Å². The van der Waals surface area contributed by atoms with Crippen molar-refractivity contribution in [3.63, 3.8) is 0 Å². The molecule has 2 heterocycles. The maximum absolute atomic E-state index is 13.6. The highest BCUT2D eigenvalue weighted by Gasteiger charge is 2.21. The molecule has 0 saturated heterocycles. The molecule has 17 heavy (non-hydrogen) atoms. The normalized spacial score (nSPS) is 21.0. The van der Waals surface area contributed by atoms with Crippen molar-refractivity contribution in [1.29, 1.82) is 0 Å². The summed E-state index contributed by atoms with van der Waals surface area (Å²) in [6, 6.07) is 1.80. The number of hydrogen-bond donors (Lipinski definition) is 0. The van der Waals surface area contributed by atoms with Gasteiger partial charge < -0.3 is 4.74 Å². The largest absolute Gasteiger partial charge is 0.462 e. The van der Waals surface area contributed by atoms with Crippen molar-refractivity contribution in [1.82, 2.24) is 4.98 Å². The number of aromatic nitrogens is 1. The van der Waals surface area contributed by atoms with E-state index in [2.05, 4.69) is 15.0 Å². The number of hydrogen-bond acceptors (Lipinski definition) is 4. The number of halogens is 1. The number of fused-ring (bicyclic) bond motifs is 1. The molecule has 0 atom stereocenters. The molecule has 4 nitrogen and oxygen atoms in total. The van der Waals surface area contributed by atoms with Gasteiger partial charge in [0.25, 0.3) is 0 Å². The maximum Gasteiger partial charge on any atom is 0.312 e. The molecule has 1 aliphatic carbocycles. The van der Waals surface area contributed by atoms with Gasteiger partial charge in [0, 0.05) is 11.8 Å². The third kappa shape index (κ3) is 1.92. The van der Waals surface area contributed by atoms with E-state index < -0.39 is 0 Å². The van der Waals surface area contributed by atoms with Crippen LogP contribution in [0.5, 0.6) is 0 Å². The van der Waals surface area contributed by atoms with Crippen LogP contribution >= 0.6 is 0 Å². The van der Waals surface area contributed by atoms with Crippen LogP contribution in [0.25, 0.3) is 0 Å². The Balaban J connectivity index is 2.02. The summed E-state index contributed by atoms with van der Waals surface area (Å²) in [7, 11) is 0. The zero-order valence-electron chi connectivity index (χ0n) is 9.32. The Bertz CT molecular complexity index is 510. The smallest absolute Gasteiger partial charge is 0.312 e. The highest BCUT2D eigenvalue weighted by molar-refractivity contribution is 6.06. The molecule has 0 N–H and O–H groups in total. The topological polar surface area (TPSA) is 46.8 Å². The van der Waals surface area contributed by atoms with Crippen LogP contribution in [-0.4, -0.2) is 29.9 Å². The minimum absolute atomic E-state index is 0.198. The monoisotopic (exact) mass is 233 g/mol. The van der Waals surface area contributed by atoms with Crippen molar-refractivity contribution in [2.24, 2.45) is 9.98 Å². The molecule has 1 aliphatic heterocycles. The average molecular weight is 233 g/mol. The van der Waals surface area contributed by atoms with E-state index in [1.807, 2.05) is 0 Å². The summed E-state index contributed by atoms with van der Waals surface area (Å²) in [5, 5.41) is 0. The third-order valence-electron chi connectivity index (χ3n) is 2.91. The van der Waals surface area contributed by atoms with Crippen LogP contribution in [-0.2, 0) is 11.2 Å². The molecular weight excluding hydrogens is 221 g/mol. The van der Waals surface area contributed by atoms with Gasteiger partial charge >= 0.3 is 6.02 Å². The fourth-order valence-corrected chi connectivity index (χ4v) is 2.12. The molecular formula is C12H12FN3O. The van der Waals surface area contributed by atoms with E-state index in [1.165, 1.54) is 12.3 Å². The Kier molecular flexibility index (Phi) is 2.59. The summed E-state index contributed by atoms with van der Waals surface area (Å²) in [6.45, 7) is 1.23. The number of rotatable bonds is 0. The Hall–Kier alpha value is -1.78. The van der Waals surface area contributed by atoms with Crippen molar-refractivity contribution in [2.75, 3.05) is 13.2 Å². The zero-order valence-corrected chi connectivity index (χ0v) is 9.32. The van der Waals surface area contributed by atoms with Crippen LogP contribution in [0, 0.1) is 5.82 Å². The minimum atomic E-state index is -0.198. The molecule has 0 fully saturated rings. The molecule has 0 amide bonds. The minimum Gasteiger partial charge on any atom is -0.462 e. The van der Waals surface area contributed by atoms with Crippen molar-refractivity contribution < 1.29 is 9.13 Å². The first-order valence-corrected chi connectivity index (χ1v) is 5.73. The number of aliphatic imine (C=N–C) groups is 2. The lowest BCUT2D eigenvalue weighted by atomic mass is 9.94. The zero-order chi connectivity index (χ0) is 11.7. The van der Waals surface area contributed by atoms with Gasteiger partial charge in [-0.2, -0.15) is 4.99 Å². The Morgan fingerprint density at radius 1 is 1.35 bits per heavy atom. The lowest BCUT2D eigenvalue weighted by molar-refractivity contribution is 0.343. The molecule has 3 rings (SSSR count). The molecule has 0 spiro atoms. The molecule has 1 aromatic heterocycles. The SMILES string of the molecule is Fc1ccnc2c1CCCC2=NC1=NCCO1. The number of nitrogens with zero attached hydrogens (tertiary/aromatic N) is 3. The van der Waals surface area contributed by atoms with Crippen molar-refractivity contribution >= 4 is 11.7 Å². The Morgan fingerprint density at radius 3 is 3.12 bits per heavy atom. The van der Waals surface area contributed by atoms with Gasteiger partial charge in [-0.3, -0.25) is 4.98 Å². The molecule has 0 radical (unpaired) electrons. The van der Waals surface area contributed by atoms with Gasteiger partial charge in [-0.25, -0.2) is 9.38 Å². The molecule has 5 heteroatoms. The summed E-state index contributed by atoms with van der Waals surface area (Å²) < 4.78 is 18.8. The van der Waals surface area contributed by atoms with Crippen molar-refractivity contribution in [3.8, 4) is 0 Å². The van der Waals surface area contributed by atoms with E-state index in [-0.39, 0.29) is 5.82 Å². The maximum atomic E-state index is 13.6. The van der Waals surface area contributed by atoms with Crippen LogP contribution in [0.3, 0.4) is 0 Å². The average Bonchev–Trinajstić information content (AvgIpc) is 2.83. The van der Waals surface area contributed by atoms with Crippen LogP contribution < -0.4 is 0 Å². The standard InChI is InChI=1S/C12H12FN3O/c13-9-4-5-14-11-8(9)2-1-3-10(11)16-12-15-6-7-17-12/h4-5H,1-3,6-7H2. The van der Waals surface area contributed by atoms with Crippen LogP contribution in [0.15, 0.2) is 22.2 Å². The van der Waals surface area contributed by atoms with Crippen LogP contribution in [0.2, 0.25) is 0 Å². The predicted molar refractivity (Wildman–Crippen MR) is 61.9 cm³/mol. The van der Waals surface area contributed by atoms with Gasteiger partial charge in [-0.05, 0) is 25.3 Å². The number of amidine groups is 1. The predicted octanol–water partition coefficient (Wildman–Crippen LogP) is 1.73. The van der Waals surface area contributed by atoms with E-state index in [1.54, 1.807) is 0 Å². The first-order valence-electron chi connectivity index (χ1n) is 5.73. The molecule has 0 saturated carbocycles. The molecule has 0 aromatic carbocycles. The van der Waals surface area contributed by atoms with E-state index in [0.29, 0.717) is 30.4 Å². The summed E-state index contributed by atoms with van der Waals surface area (Å²) in [5.74, 6) is -0.198. The number of pyridine rings is 1. The number of ether oxygens (including phenoxy) is 1. The lowest BCUT2D eigenvalue weighted by Crippen LogP contribution is -2.17. The Labute approximate surface area is 98.3 Å². The second-order valence-electron chi connectivity index (χ2n) is 4.04. The lowest BCUT2D eigenvalue weighted by Gasteiger charge is -2.16. The molecule has 88 valence electrons. The van der Waals surface area contributed by atoms with Crippen molar-refractivity contribution in [3.05, 3.63) is 29.3 Å². The van der Waals surface area contributed by atoms with Crippen LogP contribution in [0.4, 0.5) is 4.39 Å². The molecule has 1 aromatic rings. The van der Waals surface area contributed by atoms with Gasteiger partial charge in [0.2, 0.25) is 0 Å². The molecule has 0 bridgehead atoms. The van der Waals surface area contributed by atoms with Gasteiger partial charge in [0.05, 0.1) is 18.0 Å². The summed E-state index contributed by atoms with van der Waals surface area (Å²) in [6.07, 6.45) is 3.89. The molecule has 2 aliphatic rings. The quantitative estimate of drug-likeness (QED) is 0.685. The fraction of sp³-hybridized carbons (Fsp3) is 0.417. The first kappa shape index (κ1) is 10.4. The van der Waals surface area contributed by atoms with E-state index in [4.69, 9.17) is 4.74 Å². The first-order chi connectivity index (χ1) is 8.34. The summed E-state index contributed by atoms with van der Waals surface area (Å²) >= 11 is 0. The van der Waals surface area contributed by atoms with Crippen LogP contribution in [0.1, 0.15) is 24.1 Å². The van der Waals surface area contributed by atoms with Crippen molar-refractivity contribution in [2.45, 2.75) is 19.3 Å². The van der Waals surface area contributed by atoms with E-state index >= 15 is 0 Å². The fourth-order valence-electron chi connectivity index (χ4n) is 2.12. The van der Waals surface area contributed by atoms with E-state index in [9.17, 15) is 4.39 Å². The van der Waals surface area contributed by atoms with E-state index in [0.717, 1.165) is 25.0 Å². The van der Waals surface area contributed by atoms with Gasteiger partial charge in [0.15, 0.2) is 0 Å². The third-order valence-corrected chi connectivity index (χ3v) is 2.91. The van der Waals surface area contributed by atoms with Gasteiger partial charge in [0.1, 0.15) is 12.4 Å². The highest BCUT2D eigenvalue weighted by atomic mass is 19.1. The van der Waals surface area contributed by atoms with Gasteiger partial charge in [-0.1, -0.05) is 0 Å². The molecule has 0 unspecified atom stereocenters.